The second-order valence-electron chi connectivity index (χ2n) is 8.60. The molecule has 6 rings (SSSR count). The van der Waals surface area contributed by atoms with Crippen LogP contribution in [0.2, 0.25) is 5.02 Å². The predicted octanol–water partition coefficient (Wildman–Crippen LogP) is 4.14. The zero-order valence-electron chi connectivity index (χ0n) is 17.5. The highest BCUT2D eigenvalue weighted by Gasteiger charge is 2.48. The molecule has 3 aromatic rings. The van der Waals surface area contributed by atoms with Gasteiger partial charge in [-0.2, -0.15) is 4.98 Å². The van der Waals surface area contributed by atoms with E-state index in [1.807, 2.05) is 6.07 Å². The lowest BCUT2D eigenvalue weighted by Gasteiger charge is -2.15. The van der Waals surface area contributed by atoms with Crippen LogP contribution in [0, 0.1) is 0 Å². The fourth-order valence-electron chi connectivity index (χ4n) is 4.78. The summed E-state index contributed by atoms with van der Waals surface area (Å²) in [4.78, 5) is 12.3. The quantitative estimate of drug-likeness (QED) is 0.617. The molecule has 1 aliphatic carbocycles. The maximum absolute atomic E-state index is 9.90. The summed E-state index contributed by atoms with van der Waals surface area (Å²) in [5.41, 5.74) is 5.54. The number of nitrogens with zero attached hydrogens (tertiary/aromatic N) is 2. The summed E-state index contributed by atoms with van der Waals surface area (Å²) in [5.74, 6) is 0. The molecule has 2 aromatic heterocycles. The SMILES string of the molecule is O[C@@H]1CO[C@H]2[C@@H]1OC[C@H]2Oc1nc2nc(-c3ccc(C4=CCCCC4)cc3)c(Cl)cc2[nH]1. The Bertz CT molecular complexity index is 1180. The van der Waals surface area contributed by atoms with Crippen molar-refractivity contribution in [2.24, 2.45) is 0 Å². The van der Waals surface area contributed by atoms with Gasteiger partial charge >= 0.3 is 0 Å². The molecule has 166 valence electrons. The van der Waals surface area contributed by atoms with Gasteiger partial charge in [-0.3, -0.25) is 0 Å². The Labute approximate surface area is 190 Å². The molecule has 4 heterocycles. The molecule has 0 saturated carbocycles. The fourth-order valence-corrected chi connectivity index (χ4v) is 5.05. The fraction of sp³-hybridized carbons (Fsp3) is 0.417. The van der Waals surface area contributed by atoms with E-state index in [0.717, 1.165) is 18.4 Å². The van der Waals surface area contributed by atoms with Gasteiger partial charge in [0, 0.05) is 5.56 Å². The number of aliphatic hydroxyl groups is 1. The molecule has 8 heteroatoms. The Morgan fingerprint density at radius 3 is 2.66 bits per heavy atom. The highest BCUT2D eigenvalue weighted by molar-refractivity contribution is 6.33. The number of rotatable bonds is 4. The number of ether oxygens (including phenoxy) is 3. The number of aromatic amines is 1. The van der Waals surface area contributed by atoms with Crippen molar-refractivity contribution >= 4 is 28.3 Å². The molecule has 2 saturated heterocycles. The van der Waals surface area contributed by atoms with Gasteiger partial charge in [-0.1, -0.05) is 41.9 Å². The van der Waals surface area contributed by atoms with Gasteiger partial charge in [-0.25, -0.2) is 4.98 Å². The van der Waals surface area contributed by atoms with Crippen LogP contribution in [0.5, 0.6) is 6.01 Å². The first kappa shape index (κ1) is 20.2. The van der Waals surface area contributed by atoms with Gasteiger partial charge in [0.25, 0.3) is 6.01 Å². The number of aromatic nitrogens is 3. The van der Waals surface area contributed by atoms with Gasteiger partial charge in [0.15, 0.2) is 11.8 Å². The van der Waals surface area contributed by atoms with Gasteiger partial charge in [0.1, 0.15) is 18.3 Å². The van der Waals surface area contributed by atoms with Gasteiger partial charge in [-0.05, 0) is 42.9 Å². The smallest absolute Gasteiger partial charge is 0.296 e. The van der Waals surface area contributed by atoms with Crippen LogP contribution in [0.15, 0.2) is 36.4 Å². The van der Waals surface area contributed by atoms with Crippen LogP contribution >= 0.6 is 11.6 Å². The lowest BCUT2D eigenvalue weighted by Crippen LogP contribution is -2.34. The molecule has 1 aromatic carbocycles. The Morgan fingerprint density at radius 2 is 1.84 bits per heavy atom. The summed E-state index contributed by atoms with van der Waals surface area (Å²) in [7, 11) is 0. The van der Waals surface area contributed by atoms with Crippen molar-refractivity contribution in [3.05, 3.63) is 47.0 Å². The van der Waals surface area contributed by atoms with Crippen LogP contribution in [0.3, 0.4) is 0 Å². The monoisotopic (exact) mass is 453 g/mol. The van der Waals surface area contributed by atoms with E-state index in [1.165, 1.54) is 24.0 Å². The van der Waals surface area contributed by atoms with Crippen LogP contribution < -0.4 is 4.74 Å². The lowest BCUT2D eigenvalue weighted by molar-refractivity contribution is 0.00706. The second kappa shape index (κ2) is 8.15. The molecule has 0 unspecified atom stereocenters. The van der Waals surface area contributed by atoms with Crippen molar-refractivity contribution < 1.29 is 19.3 Å². The first-order chi connectivity index (χ1) is 15.7. The zero-order chi connectivity index (χ0) is 21.7. The highest BCUT2D eigenvalue weighted by atomic mass is 35.5. The molecule has 0 amide bonds. The summed E-state index contributed by atoms with van der Waals surface area (Å²) < 4.78 is 17.2. The summed E-state index contributed by atoms with van der Waals surface area (Å²) in [6, 6.07) is 10.6. The number of hydrogen-bond acceptors (Lipinski definition) is 6. The van der Waals surface area contributed by atoms with Crippen molar-refractivity contribution in [1.82, 2.24) is 15.0 Å². The summed E-state index contributed by atoms with van der Waals surface area (Å²) >= 11 is 6.56. The molecule has 2 fully saturated rings. The van der Waals surface area contributed by atoms with Crippen molar-refractivity contribution in [3.8, 4) is 17.3 Å². The standard InChI is InChI=1S/C24H24ClN3O4/c25-16-10-17-23(28-24(26-17)32-19-12-31-21-18(29)11-30-22(19)21)27-20(16)15-8-6-14(7-9-15)13-4-2-1-3-5-13/h4,6-10,18-19,21-22,29H,1-3,5,11-12H2,(H,26,27,28)/t18-,19-,21-,22-/m1/s1. The van der Waals surface area contributed by atoms with Gasteiger partial charge < -0.3 is 24.3 Å². The molecule has 0 bridgehead atoms. The molecule has 0 spiro atoms. The normalized spacial score (nSPS) is 27.5. The number of fused-ring (bicyclic) bond motifs is 2. The third-order valence-electron chi connectivity index (χ3n) is 6.47. The number of benzene rings is 1. The van der Waals surface area contributed by atoms with Crippen molar-refractivity contribution in [2.45, 2.75) is 50.1 Å². The third kappa shape index (κ3) is 3.59. The molecule has 0 radical (unpaired) electrons. The average molecular weight is 454 g/mol. The molecule has 3 aliphatic rings. The van der Waals surface area contributed by atoms with E-state index < -0.39 is 6.10 Å². The molecular formula is C24H24ClN3O4. The van der Waals surface area contributed by atoms with E-state index >= 15 is 0 Å². The van der Waals surface area contributed by atoms with E-state index in [9.17, 15) is 5.11 Å². The van der Waals surface area contributed by atoms with Gasteiger partial charge in [0.05, 0.1) is 29.4 Å². The maximum Gasteiger partial charge on any atom is 0.296 e. The van der Waals surface area contributed by atoms with Crippen LogP contribution in [-0.2, 0) is 9.47 Å². The summed E-state index contributed by atoms with van der Waals surface area (Å²) in [6.07, 6.45) is 5.56. The molecule has 32 heavy (non-hydrogen) atoms. The molecule has 2 N–H and O–H groups in total. The minimum atomic E-state index is -0.618. The molecular weight excluding hydrogens is 430 g/mol. The first-order valence-corrected chi connectivity index (χ1v) is 11.5. The summed E-state index contributed by atoms with van der Waals surface area (Å²) in [5, 5.41) is 10.4. The number of pyridine rings is 1. The first-order valence-electron chi connectivity index (χ1n) is 11.1. The number of aliphatic hydroxyl groups excluding tert-OH is 1. The minimum Gasteiger partial charge on any atom is -0.456 e. The topological polar surface area (TPSA) is 89.5 Å². The van der Waals surface area contributed by atoms with E-state index in [1.54, 1.807) is 0 Å². The van der Waals surface area contributed by atoms with Crippen LogP contribution in [-0.4, -0.2) is 57.7 Å². The van der Waals surface area contributed by atoms with Crippen molar-refractivity contribution in [1.29, 1.82) is 0 Å². The average Bonchev–Trinajstić information content (AvgIpc) is 3.51. The molecule has 7 nitrogen and oxygen atoms in total. The Morgan fingerprint density at radius 1 is 1.03 bits per heavy atom. The number of halogens is 1. The molecule has 2 aliphatic heterocycles. The van der Waals surface area contributed by atoms with E-state index in [0.29, 0.717) is 34.5 Å². The number of imidazole rings is 1. The van der Waals surface area contributed by atoms with E-state index in [2.05, 4.69) is 45.3 Å². The number of hydrogen-bond donors (Lipinski definition) is 2. The second-order valence-corrected chi connectivity index (χ2v) is 9.01. The number of nitrogens with one attached hydrogen (secondary N) is 1. The zero-order valence-corrected chi connectivity index (χ0v) is 18.2. The number of allylic oxidation sites excluding steroid dienone is 2. The lowest BCUT2D eigenvalue weighted by atomic mass is 9.93. The van der Waals surface area contributed by atoms with E-state index in [-0.39, 0.29) is 24.9 Å². The highest BCUT2D eigenvalue weighted by Crippen LogP contribution is 2.33. The van der Waals surface area contributed by atoms with E-state index in [4.69, 9.17) is 25.8 Å². The van der Waals surface area contributed by atoms with Crippen LogP contribution in [0.1, 0.15) is 31.2 Å². The van der Waals surface area contributed by atoms with Gasteiger partial charge in [0.2, 0.25) is 0 Å². The largest absolute Gasteiger partial charge is 0.456 e. The Hall–Kier alpha value is -2.45. The molecule has 4 atom stereocenters. The number of H-pyrrole nitrogens is 1. The summed E-state index contributed by atoms with van der Waals surface area (Å²) in [6.45, 7) is 0.595. The predicted molar refractivity (Wildman–Crippen MR) is 121 cm³/mol. The third-order valence-corrected chi connectivity index (χ3v) is 6.76. The minimum absolute atomic E-state index is 0.256. The van der Waals surface area contributed by atoms with Crippen molar-refractivity contribution in [2.75, 3.05) is 13.2 Å². The van der Waals surface area contributed by atoms with Crippen LogP contribution in [0.4, 0.5) is 0 Å². The van der Waals surface area contributed by atoms with Crippen molar-refractivity contribution in [3.63, 3.8) is 0 Å². The van der Waals surface area contributed by atoms with Gasteiger partial charge in [-0.15, -0.1) is 0 Å². The Kier molecular flexibility index (Phi) is 5.14. The maximum atomic E-state index is 9.90. The van der Waals surface area contributed by atoms with Crippen LogP contribution in [0.25, 0.3) is 28.0 Å². The Balaban J connectivity index is 1.24.